The average Bonchev–Trinajstić information content (AvgIpc) is 3.39. The number of aromatic amines is 1. The number of anilines is 2. The smallest absolute Gasteiger partial charge is 0.407 e. The predicted molar refractivity (Wildman–Crippen MR) is 110 cm³/mol. The first-order chi connectivity index (χ1) is 15.0. The molecule has 4 saturated carbocycles. The van der Waals surface area contributed by atoms with E-state index in [2.05, 4.69) is 30.9 Å². The SMILES string of the molecule is O=C(NC12CC(C1)C2)O[C@@H]1CC[C@H](c2cc(Nc3nccn4ncc(Cl)c34)n[nH]2)[C@@H]1F. The van der Waals surface area contributed by atoms with E-state index in [0.717, 1.165) is 25.2 Å². The van der Waals surface area contributed by atoms with E-state index >= 15 is 4.39 Å². The van der Waals surface area contributed by atoms with Crippen LogP contribution in [0.2, 0.25) is 5.02 Å². The number of hydrogen-bond acceptors (Lipinski definition) is 6. The summed E-state index contributed by atoms with van der Waals surface area (Å²) in [5.41, 5.74) is 1.19. The number of carbonyl (C=O) groups is 1. The molecule has 4 fully saturated rings. The van der Waals surface area contributed by atoms with Gasteiger partial charge >= 0.3 is 6.09 Å². The minimum atomic E-state index is -1.29. The zero-order valence-electron chi connectivity index (χ0n) is 16.5. The highest BCUT2D eigenvalue weighted by atomic mass is 35.5. The van der Waals surface area contributed by atoms with E-state index in [1.807, 2.05) is 0 Å². The topological polar surface area (TPSA) is 109 Å². The number of fused-ring (bicyclic) bond motifs is 1. The third-order valence-corrected chi connectivity index (χ3v) is 7.07. The Bertz CT molecular complexity index is 1150. The highest BCUT2D eigenvalue weighted by Crippen LogP contribution is 2.57. The summed E-state index contributed by atoms with van der Waals surface area (Å²) in [6.45, 7) is 0. The predicted octanol–water partition coefficient (Wildman–Crippen LogP) is 3.71. The molecule has 0 spiro atoms. The van der Waals surface area contributed by atoms with Crippen molar-refractivity contribution in [2.45, 2.75) is 55.8 Å². The second kappa shape index (κ2) is 6.81. The molecule has 3 aromatic heterocycles. The van der Waals surface area contributed by atoms with Crippen LogP contribution in [0.1, 0.15) is 43.7 Å². The van der Waals surface area contributed by atoms with Gasteiger partial charge in [-0.1, -0.05) is 11.6 Å². The fourth-order valence-electron chi connectivity index (χ4n) is 5.10. The molecule has 31 heavy (non-hydrogen) atoms. The van der Waals surface area contributed by atoms with Gasteiger partial charge in [0.25, 0.3) is 0 Å². The molecule has 3 heterocycles. The van der Waals surface area contributed by atoms with Gasteiger partial charge in [-0.3, -0.25) is 5.10 Å². The van der Waals surface area contributed by atoms with Crippen molar-refractivity contribution in [3.8, 4) is 0 Å². The largest absolute Gasteiger partial charge is 0.443 e. The Morgan fingerprint density at radius 2 is 2.19 bits per heavy atom. The minimum absolute atomic E-state index is 0.0786. The molecule has 0 radical (unpaired) electrons. The molecular formula is C20H21ClFN7O2. The first-order valence-corrected chi connectivity index (χ1v) is 10.8. The van der Waals surface area contributed by atoms with Crippen molar-refractivity contribution in [2.75, 3.05) is 5.32 Å². The zero-order chi connectivity index (χ0) is 21.2. The molecule has 11 heteroatoms. The van der Waals surface area contributed by atoms with Crippen LogP contribution in [0.5, 0.6) is 0 Å². The van der Waals surface area contributed by atoms with Crippen molar-refractivity contribution in [3.05, 3.63) is 35.4 Å². The van der Waals surface area contributed by atoms with Gasteiger partial charge in [0, 0.05) is 35.6 Å². The number of halogens is 2. The number of rotatable bonds is 5. The maximum absolute atomic E-state index is 15.1. The highest BCUT2D eigenvalue weighted by Gasteiger charge is 2.58. The molecule has 2 bridgehead atoms. The van der Waals surface area contributed by atoms with Crippen molar-refractivity contribution in [2.24, 2.45) is 5.92 Å². The maximum Gasteiger partial charge on any atom is 0.407 e. The standard InChI is InChI=1S/C20H21ClFN7O2/c21-12-9-24-29-4-3-23-18(17(12)29)25-15-5-13(27-28-15)11-1-2-14(16(11)22)31-19(30)26-20-6-10(7-20)8-20/h3-5,9-11,14,16H,1-2,6-8H2,(H,26,30)(H2,23,25,27,28)/t10?,11-,14-,16+,20?/m1/s1. The number of alkyl carbamates (subject to hydrolysis) is 1. The summed E-state index contributed by atoms with van der Waals surface area (Å²) in [5, 5.41) is 17.8. The van der Waals surface area contributed by atoms with Gasteiger partial charge in [0.15, 0.2) is 11.6 Å². The molecule has 0 unspecified atom stereocenters. The first kappa shape index (κ1) is 18.9. The molecule has 4 aliphatic rings. The second-order valence-corrected chi connectivity index (χ2v) is 9.26. The molecule has 9 nitrogen and oxygen atoms in total. The second-order valence-electron chi connectivity index (χ2n) is 8.85. The monoisotopic (exact) mass is 445 g/mol. The number of carbonyl (C=O) groups excluding carboxylic acids is 1. The van der Waals surface area contributed by atoms with Crippen molar-refractivity contribution in [1.29, 1.82) is 0 Å². The van der Waals surface area contributed by atoms with Crippen LogP contribution >= 0.6 is 11.6 Å². The lowest BCUT2D eigenvalue weighted by atomic mass is 9.50. The molecule has 1 amide bonds. The Hall–Kier alpha value is -2.88. The summed E-state index contributed by atoms with van der Waals surface area (Å²) in [5.74, 6) is 1.32. The average molecular weight is 446 g/mol. The van der Waals surface area contributed by atoms with Crippen LogP contribution < -0.4 is 10.6 Å². The van der Waals surface area contributed by atoms with E-state index in [-0.39, 0.29) is 5.54 Å². The Kier molecular flexibility index (Phi) is 4.14. The summed E-state index contributed by atoms with van der Waals surface area (Å²) in [4.78, 5) is 16.5. The lowest BCUT2D eigenvalue weighted by Crippen LogP contribution is -2.68. The third-order valence-electron chi connectivity index (χ3n) is 6.80. The van der Waals surface area contributed by atoms with Crippen molar-refractivity contribution in [3.63, 3.8) is 0 Å². The number of ether oxygens (including phenoxy) is 1. The fourth-order valence-corrected chi connectivity index (χ4v) is 5.32. The number of nitrogens with one attached hydrogen (secondary N) is 3. The van der Waals surface area contributed by atoms with Gasteiger partial charge in [-0.2, -0.15) is 10.2 Å². The van der Waals surface area contributed by atoms with Gasteiger partial charge in [-0.15, -0.1) is 0 Å². The number of hydrogen-bond donors (Lipinski definition) is 3. The molecule has 4 aliphatic carbocycles. The zero-order valence-corrected chi connectivity index (χ0v) is 17.3. The number of aromatic nitrogens is 5. The molecule has 0 aliphatic heterocycles. The maximum atomic E-state index is 15.1. The van der Waals surface area contributed by atoms with Crippen molar-refractivity contribution < 1.29 is 13.9 Å². The van der Waals surface area contributed by atoms with Crippen molar-refractivity contribution in [1.82, 2.24) is 30.1 Å². The van der Waals surface area contributed by atoms with Gasteiger partial charge in [0.1, 0.15) is 17.8 Å². The number of H-pyrrole nitrogens is 1. The Morgan fingerprint density at radius 1 is 1.35 bits per heavy atom. The summed E-state index contributed by atoms with van der Waals surface area (Å²) in [6.07, 6.45) is 6.38. The third kappa shape index (κ3) is 3.12. The number of amides is 1. The molecule has 162 valence electrons. The first-order valence-electron chi connectivity index (χ1n) is 10.4. The van der Waals surface area contributed by atoms with E-state index in [1.54, 1.807) is 23.0 Å². The van der Waals surface area contributed by atoms with Crippen LogP contribution in [0, 0.1) is 5.92 Å². The number of alkyl halides is 1. The number of nitrogens with zero attached hydrogens (tertiary/aromatic N) is 4. The Balaban J connectivity index is 1.12. The quantitative estimate of drug-likeness (QED) is 0.552. The summed E-state index contributed by atoms with van der Waals surface area (Å²) in [6, 6.07) is 1.75. The van der Waals surface area contributed by atoms with E-state index in [1.165, 1.54) is 6.20 Å². The summed E-state index contributed by atoms with van der Waals surface area (Å²) < 4.78 is 22.1. The van der Waals surface area contributed by atoms with Gasteiger partial charge in [0.2, 0.25) is 0 Å². The minimum Gasteiger partial charge on any atom is -0.443 e. The molecule has 0 saturated heterocycles. The molecule has 3 aromatic rings. The fraction of sp³-hybridized carbons (Fsp3) is 0.500. The van der Waals surface area contributed by atoms with Gasteiger partial charge in [-0.25, -0.2) is 18.7 Å². The normalized spacial score (nSPS) is 31.2. The van der Waals surface area contributed by atoms with Crippen LogP contribution in [0.25, 0.3) is 5.52 Å². The van der Waals surface area contributed by atoms with E-state index in [9.17, 15) is 4.79 Å². The van der Waals surface area contributed by atoms with E-state index in [4.69, 9.17) is 16.3 Å². The molecule has 3 N–H and O–H groups in total. The summed E-state index contributed by atoms with van der Waals surface area (Å²) in [7, 11) is 0. The van der Waals surface area contributed by atoms with Crippen LogP contribution in [0.3, 0.4) is 0 Å². The van der Waals surface area contributed by atoms with Gasteiger partial charge in [-0.05, 0) is 38.0 Å². The Morgan fingerprint density at radius 3 is 2.97 bits per heavy atom. The lowest BCUT2D eigenvalue weighted by Gasteiger charge is -2.61. The van der Waals surface area contributed by atoms with Gasteiger partial charge < -0.3 is 15.4 Å². The van der Waals surface area contributed by atoms with Crippen LogP contribution in [-0.4, -0.2) is 48.7 Å². The Labute approximate surface area is 181 Å². The summed E-state index contributed by atoms with van der Waals surface area (Å²) >= 11 is 6.20. The van der Waals surface area contributed by atoms with E-state index in [0.29, 0.717) is 40.7 Å². The molecule has 3 atom stereocenters. The van der Waals surface area contributed by atoms with Crippen LogP contribution in [-0.2, 0) is 4.74 Å². The van der Waals surface area contributed by atoms with Crippen molar-refractivity contribution >= 4 is 34.8 Å². The molecule has 0 aromatic carbocycles. The molecular weight excluding hydrogens is 425 g/mol. The lowest BCUT2D eigenvalue weighted by molar-refractivity contribution is -0.0532. The van der Waals surface area contributed by atoms with Gasteiger partial charge in [0.05, 0.1) is 11.2 Å². The molecule has 7 rings (SSSR count). The van der Waals surface area contributed by atoms with E-state index < -0.39 is 24.3 Å². The van der Waals surface area contributed by atoms with Crippen LogP contribution in [0.15, 0.2) is 24.7 Å². The van der Waals surface area contributed by atoms with Crippen LogP contribution in [0.4, 0.5) is 20.8 Å². The highest BCUT2D eigenvalue weighted by molar-refractivity contribution is 6.34.